The van der Waals surface area contributed by atoms with E-state index in [1.54, 1.807) is 36.5 Å². The number of fused-ring (bicyclic) bond motifs is 1. The van der Waals surface area contributed by atoms with Crippen molar-refractivity contribution in [1.29, 1.82) is 0 Å². The van der Waals surface area contributed by atoms with Gasteiger partial charge in [-0.1, -0.05) is 12.1 Å². The summed E-state index contributed by atoms with van der Waals surface area (Å²) in [5.41, 5.74) is 9.66. The minimum absolute atomic E-state index is 0.0155. The molecule has 0 atom stereocenters. The molecule has 1 aromatic heterocycles. The van der Waals surface area contributed by atoms with Crippen molar-refractivity contribution in [3.05, 3.63) is 89.0 Å². The lowest BCUT2D eigenvalue weighted by atomic mass is 10.00. The number of amides is 1. The molecule has 182 valence electrons. The normalized spacial score (nSPS) is 14.5. The first-order valence-electron chi connectivity index (χ1n) is 11.8. The number of carbonyl (C=O) groups is 2. The van der Waals surface area contributed by atoms with Crippen LogP contribution in [0.2, 0.25) is 0 Å². The molecule has 2 heterocycles. The van der Waals surface area contributed by atoms with Crippen LogP contribution in [-0.2, 0) is 0 Å². The summed E-state index contributed by atoms with van der Waals surface area (Å²) >= 11 is 0. The number of ketones is 1. The minimum Gasteiger partial charge on any atom is -0.494 e. The van der Waals surface area contributed by atoms with E-state index in [9.17, 15) is 14.7 Å². The molecule has 36 heavy (non-hydrogen) atoms. The number of hydrogen-bond donors (Lipinski definition) is 3. The van der Waals surface area contributed by atoms with E-state index in [2.05, 4.69) is 39.0 Å². The van der Waals surface area contributed by atoms with Crippen molar-refractivity contribution in [3.63, 3.8) is 0 Å². The van der Waals surface area contributed by atoms with E-state index < -0.39 is 5.91 Å². The van der Waals surface area contributed by atoms with E-state index in [-0.39, 0.29) is 11.7 Å². The zero-order chi connectivity index (χ0) is 25.2. The van der Waals surface area contributed by atoms with Crippen LogP contribution < -0.4 is 10.6 Å². The second kappa shape index (κ2) is 9.67. The van der Waals surface area contributed by atoms with Crippen LogP contribution in [0.1, 0.15) is 31.8 Å². The third-order valence-corrected chi connectivity index (χ3v) is 6.57. The maximum atomic E-state index is 13.0. The third kappa shape index (κ3) is 4.71. The molecular formula is C28H27N5O3. The number of nitrogens with two attached hydrogens (primary N) is 1. The van der Waals surface area contributed by atoms with Crippen LogP contribution in [0.3, 0.4) is 0 Å². The molecule has 5 rings (SSSR count). The van der Waals surface area contributed by atoms with Crippen LogP contribution in [0, 0.1) is 0 Å². The van der Waals surface area contributed by atoms with Gasteiger partial charge in [-0.15, -0.1) is 0 Å². The van der Waals surface area contributed by atoms with E-state index in [1.165, 1.54) is 17.8 Å². The van der Waals surface area contributed by atoms with Crippen molar-refractivity contribution in [3.8, 4) is 5.88 Å². The molecule has 0 unspecified atom stereocenters. The molecule has 0 bridgehead atoms. The van der Waals surface area contributed by atoms with Crippen molar-refractivity contribution in [1.82, 2.24) is 9.88 Å². The highest BCUT2D eigenvalue weighted by Gasteiger charge is 2.16. The molecule has 4 aromatic rings. The van der Waals surface area contributed by atoms with Crippen LogP contribution in [0.5, 0.6) is 5.88 Å². The Bertz CT molecular complexity index is 1450. The van der Waals surface area contributed by atoms with Crippen molar-refractivity contribution in [2.45, 2.75) is 0 Å². The number of rotatable bonds is 6. The predicted octanol–water partition coefficient (Wildman–Crippen LogP) is 3.71. The molecule has 1 fully saturated rings. The van der Waals surface area contributed by atoms with Crippen LogP contribution >= 0.6 is 0 Å². The Kier molecular flexibility index (Phi) is 6.26. The van der Waals surface area contributed by atoms with Gasteiger partial charge in [0, 0.05) is 65.7 Å². The summed E-state index contributed by atoms with van der Waals surface area (Å²) in [4.78, 5) is 36.5. The number of nitrogens with zero attached hydrogens (tertiary/aromatic N) is 3. The van der Waals surface area contributed by atoms with E-state index in [0.717, 1.165) is 31.9 Å². The van der Waals surface area contributed by atoms with Crippen LogP contribution in [-0.4, -0.2) is 66.1 Å². The zero-order valence-corrected chi connectivity index (χ0v) is 19.9. The third-order valence-electron chi connectivity index (χ3n) is 6.57. The average molecular weight is 482 g/mol. The molecule has 1 aliphatic rings. The molecule has 0 spiro atoms. The summed E-state index contributed by atoms with van der Waals surface area (Å²) in [5, 5.41) is 11.2. The topological polar surface area (TPSA) is 115 Å². The van der Waals surface area contributed by atoms with Gasteiger partial charge in [-0.2, -0.15) is 0 Å². The van der Waals surface area contributed by atoms with E-state index in [4.69, 9.17) is 5.73 Å². The molecule has 1 amide bonds. The number of nitrogens with one attached hydrogen (secondary N) is 1. The number of aliphatic imine (C=N–C) groups is 1. The number of aromatic nitrogens is 1. The fraction of sp³-hybridized carbons (Fsp3) is 0.179. The van der Waals surface area contributed by atoms with E-state index in [0.29, 0.717) is 33.2 Å². The van der Waals surface area contributed by atoms with Crippen molar-refractivity contribution < 1.29 is 14.7 Å². The lowest BCUT2D eigenvalue weighted by molar-refractivity contribution is 0.0997. The van der Waals surface area contributed by atoms with Gasteiger partial charge in [0.2, 0.25) is 5.91 Å². The molecule has 0 radical (unpaired) electrons. The van der Waals surface area contributed by atoms with E-state index >= 15 is 0 Å². The molecule has 0 saturated carbocycles. The lowest BCUT2D eigenvalue weighted by Crippen LogP contribution is -2.44. The fourth-order valence-electron chi connectivity index (χ4n) is 4.38. The maximum Gasteiger partial charge on any atom is 0.248 e. The number of H-pyrrole nitrogens is 1. The first-order valence-corrected chi connectivity index (χ1v) is 11.8. The predicted molar refractivity (Wildman–Crippen MR) is 142 cm³/mol. The van der Waals surface area contributed by atoms with Gasteiger partial charge in [-0.05, 0) is 61.6 Å². The summed E-state index contributed by atoms with van der Waals surface area (Å²) in [6.45, 7) is 4.09. The molecule has 1 saturated heterocycles. The summed E-state index contributed by atoms with van der Waals surface area (Å²) in [6, 6.07) is 19.4. The summed E-state index contributed by atoms with van der Waals surface area (Å²) in [5.74, 6) is -0.759. The van der Waals surface area contributed by atoms with Gasteiger partial charge in [0.1, 0.15) is 0 Å². The Morgan fingerprint density at radius 1 is 0.917 bits per heavy atom. The Morgan fingerprint density at radius 3 is 2.22 bits per heavy atom. The molecular weight excluding hydrogens is 454 g/mol. The number of hydrogen-bond acceptors (Lipinski definition) is 6. The molecule has 1 aliphatic heterocycles. The quantitative estimate of drug-likeness (QED) is 0.287. The highest BCUT2D eigenvalue weighted by atomic mass is 16.3. The smallest absolute Gasteiger partial charge is 0.248 e. The van der Waals surface area contributed by atoms with Crippen LogP contribution in [0.15, 0.2) is 71.7 Å². The standard InChI is InChI=1S/C28H27N5O3/c1-32-12-14-33(15-13-32)22-9-7-21(8-10-22)30-17-24-23-16-20(6-11-25(23)31-28(24)36)26(34)18-2-4-19(5-3-18)27(29)35/h2-11,16-17,31,36H,12-15H2,1H3,(H2,29,35). The number of primary amides is 1. The van der Waals surface area contributed by atoms with E-state index in [1.807, 2.05) is 12.1 Å². The number of aromatic amines is 1. The Labute approximate surface area is 208 Å². The zero-order valence-electron chi connectivity index (χ0n) is 19.9. The fourth-order valence-corrected chi connectivity index (χ4v) is 4.38. The molecule has 3 aromatic carbocycles. The van der Waals surface area contributed by atoms with Gasteiger partial charge in [0.25, 0.3) is 0 Å². The monoisotopic (exact) mass is 481 g/mol. The molecule has 4 N–H and O–H groups in total. The first-order chi connectivity index (χ1) is 17.4. The maximum absolute atomic E-state index is 13.0. The summed E-state index contributed by atoms with van der Waals surface area (Å²) in [7, 11) is 2.14. The molecule has 8 nitrogen and oxygen atoms in total. The van der Waals surface area contributed by atoms with Gasteiger partial charge < -0.3 is 25.6 Å². The van der Waals surface area contributed by atoms with Gasteiger partial charge in [0.05, 0.1) is 11.3 Å². The number of anilines is 1. The number of likely N-dealkylation sites (N-methyl/N-ethyl adjacent to an activating group) is 1. The number of aromatic hydroxyl groups is 1. The lowest BCUT2D eigenvalue weighted by Gasteiger charge is -2.34. The second-order valence-corrected chi connectivity index (χ2v) is 8.98. The SMILES string of the molecule is CN1CCN(c2ccc(N=Cc3c(O)[nH]c4ccc(C(=O)c5ccc(C(N)=O)cc5)cc34)cc2)CC1. The molecule has 8 heteroatoms. The number of carbonyl (C=O) groups excluding carboxylic acids is 2. The molecule has 0 aliphatic carbocycles. The highest BCUT2D eigenvalue weighted by Crippen LogP contribution is 2.29. The summed E-state index contributed by atoms with van der Waals surface area (Å²) < 4.78 is 0. The van der Waals surface area contributed by atoms with Gasteiger partial charge in [-0.3, -0.25) is 14.6 Å². The first kappa shape index (κ1) is 23.3. The average Bonchev–Trinajstić information content (AvgIpc) is 3.22. The van der Waals surface area contributed by atoms with Gasteiger partial charge in [0.15, 0.2) is 11.7 Å². The summed E-state index contributed by atoms with van der Waals surface area (Å²) in [6.07, 6.45) is 1.61. The van der Waals surface area contributed by atoms with Crippen molar-refractivity contribution in [2.75, 3.05) is 38.1 Å². The largest absolute Gasteiger partial charge is 0.494 e. The van der Waals surface area contributed by atoms with Gasteiger partial charge >= 0.3 is 0 Å². The van der Waals surface area contributed by atoms with Gasteiger partial charge in [-0.25, -0.2) is 0 Å². The highest BCUT2D eigenvalue weighted by molar-refractivity contribution is 6.12. The minimum atomic E-state index is -0.545. The van der Waals surface area contributed by atoms with Crippen molar-refractivity contribution in [2.24, 2.45) is 10.7 Å². The Hall–Kier alpha value is -4.43. The number of piperazine rings is 1. The van der Waals surface area contributed by atoms with Crippen molar-refractivity contribution >= 4 is 40.2 Å². The van der Waals surface area contributed by atoms with Crippen LogP contribution in [0.4, 0.5) is 11.4 Å². The number of benzene rings is 3. The Morgan fingerprint density at radius 2 is 1.56 bits per heavy atom. The Balaban J connectivity index is 1.38. The second-order valence-electron chi connectivity index (χ2n) is 8.98. The van der Waals surface area contributed by atoms with Crippen LogP contribution in [0.25, 0.3) is 10.9 Å².